The number of nitrogens with two attached hydrogens (primary N) is 1. The van der Waals surface area contributed by atoms with Gasteiger partial charge in [-0.05, 0) is 24.1 Å². The van der Waals surface area contributed by atoms with Crippen molar-refractivity contribution >= 4 is 5.91 Å². The number of epoxide rings is 1. The summed E-state index contributed by atoms with van der Waals surface area (Å²) >= 11 is 0. The Morgan fingerprint density at radius 2 is 1.91 bits per heavy atom. The van der Waals surface area contributed by atoms with Crippen LogP contribution in [0.2, 0.25) is 0 Å². The van der Waals surface area contributed by atoms with Gasteiger partial charge in [0.05, 0.1) is 6.61 Å². The lowest BCUT2D eigenvalue weighted by atomic mass is 10.1. The van der Waals surface area contributed by atoms with Crippen molar-refractivity contribution in [2.75, 3.05) is 6.61 Å². The molecule has 1 aliphatic rings. The van der Waals surface area contributed by atoms with E-state index in [0.717, 1.165) is 24.3 Å². The topological polar surface area (TPSA) is 64.8 Å². The minimum absolute atomic E-state index is 0.195. The predicted octanol–water partition coefficient (Wildman–Crippen LogP) is 3.74. The Morgan fingerprint density at radius 3 is 2.59 bits per heavy atom. The molecule has 1 aliphatic heterocycles. The third kappa shape index (κ3) is 5.34. The molecule has 1 fully saturated rings. The number of carbonyl (C=O) groups is 1. The van der Waals surface area contributed by atoms with Crippen molar-refractivity contribution in [1.29, 1.82) is 0 Å². The lowest BCUT2D eigenvalue weighted by Crippen LogP contribution is -2.18. The van der Waals surface area contributed by atoms with Crippen LogP contribution in [-0.4, -0.2) is 18.6 Å². The molecule has 122 valence electrons. The second-order valence-corrected chi connectivity index (χ2v) is 5.92. The van der Waals surface area contributed by atoms with Gasteiger partial charge < -0.3 is 15.2 Å². The van der Waals surface area contributed by atoms with Gasteiger partial charge in [-0.3, -0.25) is 4.79 Å². The van der Waals surface area contributed by atoms with Crippen molar-refractivity contribution in [1.82, 2.24) is 0 Å². The van der Waals surface area contributed by atoms with Crippen molar-refractivity contribution in [2.24, 2.45) is 5.73 Å². The molecule has 1 heterocycles. The smallest absolute Gasteiger partial charge is 0.249 e. The quantitative estimate of drug-likeness (QED) is 0.500. The summed E-state index contributed by atoms with van der Waals surface area (Å²) in [5.41, 5.74) is 6.18. The molecular formula is C18H27NO3. The maximum Gasteiger partial charge on any atom is 0.249 e. The van der Waals surface area contributed by atoms with E-state index in [-0.39, 0.29) is 6.10 Å². The molecule has 0 aromatic heterocycles. The molecule has 0 aliphatic carbocycles. The summed E-state index contributed by atoms with van der Waals surface area (Å²) in [5, 5.41) is 0. The van der Waals surface area contributed by atoms with E-state index in [4.69, 9.17) is 15.2 Å². The van der Waals surface area contributed by atoms with Gasteiger partial charge in [-0.25, -0.2) is 0 Å². The minimum atomic E-state index is -0.474. The molecule has 4 heteroatoms. The average Bonchev–Trinajstić information content (AvgIpc) is 3.31. The molecule has 0 saturated carbocycles. The third-order valence-corrected chi connectivity index (χ3v) is 3.98. The summed E-state index contributed by atoms with van der Waals surface area (Å²) in [6.07, 6.45) is 8.25. The first kappa shape index (κ1) is 16.8. The van der Waals surface area contributed by atoms with E-state index in [9.17, 15) is 4.79 Å². The molecule has 1 aromatic carbocycles. The summed E-state index contributed by atoms with van der Waals surface area (Å²) < 4.78 is 11.1. The largest absolute Gasteiger partial charge is 0.494 e. The first-order valence-electron chi connectivity index (χ1n) is 8.40. The first-order chi connectivity index (χ1) is 10.7. The Morgan fingerprint density at radius 1 is 1.18 bits per heavy atom. The van der Waals surface area contributed by atoms with E-state index in [1.165, 1.54) is 38.5 Å². The van der Waals surface area contributed by atoms with Crippen LogP contribution in [0.3, 0.4) is 0 Å². The van der Waals surface area contributed by atoms with Crippen LogP contribution in [0, 0.1) is 0 Å². The summed E-state index contributed by atoms with van der Waals surface area (Å²) in [6.45, 7) is 2.97. The highest BCUT2D eigenvalue weighted by atomic mass is 16.6. The number of rotatable bonds is 11. The highest BCUT2D eigenvalue weighted by Crippen LogP contribution is 2.39. The SMILES string of the molecule is CCCCCCCCCOc1cccc(C2OC2C(N)=O)c1. The average molecular weight is 305 g/mol. The summed E-state index contributed by atoms with van der Waals surface area (Å²) in [5.74, 6) is 0.432. The van der Waals surface area contributed by atoms with Gasteiger partial charge in [0.1, 0.15) is 11.9 Å². The minimum Gasteiger partial charge on any atom is -0.494 e. The fraction of sp³-hybridized carbons (Fsp3) is 0.611. The predicted molar refractivity (Wildman–Crippen MR) is 86.7 cm³/mol. The lowest BCUT2D eigenvalue weighted by Gasteiger charge is -2.07. The molecule has 22 heavy (non-hydrogen) atoms. The van der Waals surface area contributed by atoms with Crippen molar-refractivity contribution in [3.8, 4) is 5.75 Å². The van der Waals surface area contributed by atoms with Gasteiger partial charge in [-0.2, -0.15) is 0 Å². The number of benzene rings is 1. The van der Waals surface area contributed by atoms with E-state index in [1.54, 1.807) is 0 Å². The number of hydrogen-bond acceptors (Lipinski definition) is 3. The maximum atomic E-state index is 11.0. The van der Waals surface area contributed by atoms with Crippen LogP contribution in [0.15, 0.2) is 24.3 Å². The Hall–Kier alpha value is -1.55. The van der Waals surface area contributed by atoms with Crippen LogP contribution in [-0.2, 0) is 9.53 Å². The van der Waals surface area contributed by atoms with Crippen molar-refractivity contribution in [2.45, 2.75) is 64.1 Å². The highest BCUT2D eigenvalue weighted by Gasteiger charge is 2.44. The van der Waals surface area contributed by atoms with Crippen LogP contribution in [0.25, 0.3) is 0 Å². The molecule has 2 rings (SSSR count). The van der Waals surface area contributed by atoms with Gasteiger partial charge in [0.2, 0.25) is 5.91 Å². The van der Waals surface area contributed by atoms with Crippen LogP contribution in [0.5, 0.6) is 5.75 Å². The molecular weight excluding hydrogens is 278 g/mol. The highest BCUT2D eigenvalue weighted by molar-refractivity contribution is 5.82. The molecule has 2 unspecified atom stereocenters. The molecule has 0 spiro atoms. The van der Waals surface area contributed by atoms with Crippen molar-refractivity contribution in [3.05, 3.63) is 29.8 Å². The Balaban J connectivity index is 1.63. The zero-order valence-corrected chi connectivity index (χ0v) is 13.4. The molecule has 1 aromatic rings. The van der Waals surface area contributed by atoms with E-state index in [0.29, 0.717) is 0 Å². The fourth-order valence-electron chi connectivity index (χ4n) is 2.61. The van der Waals surface area contributed by atoms with Crippen molar-refractivity contribution in [3.63, 3.8) is 0 Å². The van der Waals surface area contributed by atoms with Gasteiger partial charge >= 0.3 is 0 Å². The van der Waals surface area contributed by atoms with E-state index >= 15 is 0 Å². The Bertz CT molecular complexity index is 475. The van der Waals surface area contributed by atoms with Gasteiger partial charge in [0.25, 0.3) is 0 Å². The van der Waals surface area contributed by atoms with Crippen LogP contribution in [0.1, 0.15) is 63.5 Å². The molecule has 2 N–H and O–H groups in total. The zero-order chi connectivity index (χ0) is 15.8. The standard InChI is InChI=1S/C18H27NO3/c1-2-3-4-5-6-7-8-12-21-15-11-9-10-14(13-15)16-17(22-16)18(19)20/h9-11,13,16-17H,2-8,12H2,1H3,(H2,19,20). The third-order valence-electron chi connectivity index (χ3n) is 3.98. The van der Waals surface area contributed by atoms with Crippen LogP contribution >= 0.6 is 0 Å². The summed E-state index contributed by atoms with van der Waals surface area (Å²) in [6, 6.07) is 7.74. The number of hydrogen-bond donors (Lipinski definition) is 1. The number of unbranched alkanes of at least 4 members (excludes halogenated alkanes) is 6. The second kappa shape index (κ2) is 8.79. The molecule has 1 amide bonds. The Kier molecular flexibility index (Phi) is 6.72. The van der Waals surface area contributed by atoms with Crippen LogP contribution < -0.4 is 10.5 Å². The molecule has 1 saturated heterocycles. The molecule has 0 radical (unpaired) electrons. The zero-order valence-electron chi connectivity index (χ0n) is 13.4. The molecule has 4 nitrogen and oxygen atoms in total. The molecule has 0 bridgehead atoms. The monoisotopic (exact) mass is 305 g/mol. The maximum absolute atomic E-state index is 11.0. The normalized spacial score (nSPS) is 19.9. The number of ether oxygens (including phenoxy) is 2. The van der Waals surface area contributed by atoms with Gasteiger partial charge in [-0.15, -0.1) is 0 Å². The number of primary amides is 1. The summed E-state index contributed by atoms with van der Waals surface area (Å²) in [7, 11) is 0. The van der Waals surface area contributed by atoms with E-state index in [2.05, 4.69) is 6.92 Å². The van der Waals surface area contributed by atoms with Gasteiger partial charge in [0, 0.05) is 0 Å². The lowest BCUT2D eigenvalue weighted by molar-refractivity contribution is -0.119. The second-order valence-electron chi connectivity index (χ2n) is 5.92. The fourth-order valence-corrected chi connectivity index (χ4v) is 2.61. The Labute approximate surface area is 133 Å². The summed E-state index contributed by atoms with van der Waals surface area (Å²) in [4.78, 5) is 11.0. The molecule has 2 atom stereocenters. The number of carbonyl (C=O) groups excluding carboxylic acids is 1. The number of amides is 1. The first-order valence-corrected chi connectivity index (χ1v) is 8.40. The van der Waals surface area contributed by atoms with Crippen molar-refractivity contribution < 1.29 is 14.3 Å². The van der Waals surface area contributed by atoms with Gasteiger partial charge in [-0.1, -0.05) is 57.6 Å². The van der Waals surface area contributed by atoms with E-state index < -0.39 is 12.0 Å². The van der Waals surface area contributed by atoms with E-state index in [1.807, 2.05) is 24.3 Å². The van der Waals surface area contributed by atoms with Crippen LogP contribution in [0.4, 0.5) is 0 Å². The van der Waals surface area contributed by atoms with Gasteiger partial charge in [0.15, 0.2) is 6.10 Å².